The lowest BCUT2D eigenvalue weighted by Gasteiger charge is -2.24. The largest absolute Gasteiger partial charge is 0.507 e. The molecule has 4 aromatic carbocycles. The van der Waals surface area contributed by atoms with Crippen LogP contribution in [0.5, 0.6) is 5.75 Å². The first-order valence-electron chi connectivity index (χ1n) is 11.4. The van der Waals surface area contributed by atoms with Gasteiger partial charge in [-0.3, -0.25) is 9.10 Å². The number of carbonyl (C=O) groups is 1. The molecule has 8 heteroatoms. The molecule has 0 bridgehead atoms. The molecule has 0 saturated carbocycles. The van der Waals surface area contributed by atoms with Gasteiger partial charge >= 0.3 is 0 Å². The number of nitrogens with zero attached hydrogens (tertiary/aromatic N) is 2. The lowest BCUT2D eigenvalue weighted by atomic mass is 10.0. The summed E-state index contributed by atoms with van der Waals surface area (Å²) in [6.07, 6.45) is 1.35. The summed E-state index contributed by atoms with van der Waals surface area (Å²) in [7, 11) is -4.03. The Bertz CT molecular complexity index is 1560. The Morgan fingerprint density at radius 3 is 2.39 bits per heavy atom. The van der Waals surface area contributed by atoms with Crippen LogP contribution < -0.4 is 9.73 Å². The van der Waals surface area contributed by atoms with E-state index in [1.807, 2.05) is 51.1 Å². The van der Waals surface area contributed by atoms with E-state index in [9.17, 15) is 18.3 Å². The predicted molar refractivity (Wildman–Crippen MR) is 143 cm³/mol. The average Bonchev–Trinajstić information content (AvgIpc) is 2.86. The second kappa shape index (κ2) is 10.2. The second-order valence-corrected chi connectivity index (χ2v) is 10.5. The van der Waals surface area contributed by atoms with E-state index in [1.54, 1.807) is 36.4 Å². The van der Waals surface area contributed by atoms with Gasteiger partial charge in [-0.25, -0.2) is 13.8 Å². The number of aryl methyl sites for hydroxylation is 3. The molecule has 0 aliphatic heterocycles. The molecule has 184 valence electrons. The summed E-state index contributed by atoms with van der Waals surface area (Å²) >= 11 is 0. The first-order valence-corrected chi connectivity index (χ1v) is 12.8. The molecule has 7 nitrogen and oxygen atoms in total. The van der Waals surface area contributed by atoms with Gasteiger partial charge < -0.3 is 5.11 Å². The van der Waals surface area contributed by atoms with Crippen molar-refractivity contribution >= 4 is 38.6 Å². The van der Waals surface area contributed by atoms with Gasteiger partial charge in [0.15, 0.2) is 0 Å². The number of phenolic OH excluding ortho intramolecular Hbond substituents is 1. The third-order valence-corrected chi connectivity index (χ3v) is 7.79. The van der Waals surface area contributed by atoms with Crippen molar-refractivity contribution in [3.63, 3.8) is 0 Å². The van der Waals surface area contributed by atoms with Crippen molar-refractivity contribution in [3.05, 3.63) is 101 Å². The van der Waals surface area contributed by atoms with Gasteiger partial charge in [-0.15, -0.1) is 0 Å². The molecule has 0 atom stereocenters. The fourth-order valence-corrected chi connectivity index (χ4v) is 5.20. The number of amides is 1. The quantitative estimate of drug-likeness (QED) is 0.280. The smallest absolute Gasteiger partial charge is 0.264 e. The van der Waals surface area contributed by atoms with Crippen molar-refractivity contribution in [2.24, 2.45) is 5.10 Å². The molecule has 36 heavy (non-hydrogen) atoms. The van der Waals surface area contributed by atoms with Crippen molar-refractivity contribution in [1.29, 1.82) is 0 Å². The topological polar surface area (TPSA) is 99.1 Å². The number of anilines is 1. The SMILES string of the molecule is Cc1ccc(S(=O)(=O)N(CC(=O)N/N=C\c2c(O)ccc3ccccc23)c2ccc(C)c(C)c2)cc1. The molecule has 2 N–H and O–H groups in total. The van der Waals surface area contributed by atoms with Crippen LogP contribution in [-0.4, -0.2) is 32.2 Å². The van der Waals surface area contributed by atoms with Gasteiger partial charge in [0.05, 0.1) is 16.8 Å². The van der Waals surface area contributed by atoms with Crippen LogP contribution >= 0.6 is 0 Å². The minimum atomic E-state index is -4.03. The van der Waals surface area contributed by atoms with E-state index in [4.69, 9.17) is 0 Å². The van der Waals surface area contributed by atoms with Crippen LogP contribution in [0.15, 0.2) is 88.9 Å². The molecule has 0 aliphatic rings. The lowest BCUT2D eigenvalue weighted by molar-refractivity contribution is -0.119. The van der Waals surface area contributed by atoms with Crippen molar-refractivity contribution in [3.8, 4) is 5.75 Å². The molecule has 0 aliphatic carbocycles. The normalized spacial score (nSPS) is 11.6. The Morgan fingerprint density at radius 2 is 1.67 bits per heavy atom. The highest BCUT2D eigenvalue weighted by Gasteiger charge is 2.27. The second-order valence-electron chi connectivity index (χ2n) is 8.61. The number of aromatic hydroxyl groups is 1. The minimum absolute atomic E-state index is 0.0189. The highest BCUT2D eigenvalue weighted by Crippen LogP contribution is 2.27. The molecule has 0 heterocycles. The summed E-state index contributed by atoms with van der Waals surface area (Å²) in [4.78, 5) is 12.9. The minimum Gasteiger partial charge on any atom is -0.507 e. The van der Waals surface area contributed by atoms with E-state index in [0.717, 1.165) is 31.8 Å². The van der Waals surface area contributed by atoms with Gasteiger partial charge in [-0.05, 0) is 73.0 Å². The van der Waals surface area contributed by atoms with Gasteiger partial charge in [0.25, 0.3) is 15.9 Å². The number of fused-ring (bicyclic) bond motifs is 1. The Labute approximate surface area is 210 Å². The summed E-state index contributed by atoms with van der Waals surface area (Å²) in [5, 5.41) is 16.0. The molecule has 0 unspecified atom stereocenters. The summed E-state index contributed by atoms with van der Waals surface area (Å²) in [6.45, 7) is 5.22. The van der Waals surface area contributed by atoms with Gasteiger partial charge in [0, 0.05) is 5.56 Å². The third-order valence-electron chi connectivity index (χ3n) is 6.01. The first kappa shape index (κ1) is 24.9. The van der Waals surface area contributed by atoms with E-state index < -0.39 is 22.5 Å². The molecule has 0 aromatic heterocycles. The fourth-order valence-electron chi connectivity index (χ4n) is 3.79. The van der Waals surface area contributed by atoms with Crippen LogP contribution in [0, 0.1) is 20.8 Å². The molecule has 0 saturated heterocycles. The Balaban J connectivity index is 1.62. The van der Waals surface area contributed by atoms with Crippen LogP contribution in [0.1, 0.15) is 22.3 Å². The zero-order valence-corrected chi connectivity index (χ0v) is 21.1. The highest BCUT2D eigenvalue weighted by atomic mass is 32.2. The van der Waals surface area contributed by atoms with Crippen LogP contribution in [0.25, 0.3) is 10.8 Å². The summed E-state index contributed by atoms with van der Waals surface area (Å²) in [5.74, 6) is -0.606. The first-order chi connectivity index (χ1) is 17.2. The average molecular weight is 502 g/mol. The van der Waals surface area contributed by atoms with Gasteiger partial charge in [-0.1, -0.05) is 54.1 Å². The maximum Gasteiger partial charge on any atom is 0.264 e. The predicted octanol–water partition coefficient (Wildman–Crippen LogP) is 4.82. The number of phenols is 1. The summed E-state index contributed by atoms with van der Waals surface area (Å²) in [5.41, 5.74) is 6.07. The third kappa shape index (κ3) is 5.23. The van der Waals surface area contributed by atoms with E-state index in [0.29, 0.717) is 11.3 Å². The number of hydrazone groups is 1. The van der Waals surface area contributed by atoms with Crippen LogP contribution in [0.3, 0.4) is 0 Å². The monoisotopic (exact) mass is 501 g/mol. The summed E-state index contributed by atoms with van der Waals surface area (Å²) in [6, 6.07) is 22.5. The number of benzene rings is 4. The van der Waals surface area contributed by atoms with Gasteiger partial charge in [0.2, 0.25) is 0 Å². The Morgan fingerprint density at radius 1 is 0.944 bits per heavy atom. The molecule has 0 fully saturated rings. The number of sulfonamides is 1. The lowest BCUT2D eigenvalue weighted by Crippen LogP contribution is -2.39. The number of rotatable bonds is 7. The van der Waals surface area contributed by atoms with Crippen molar-refractivity contribution in [2.45, 2.75) is 25.7 Å². The maximum atomic E-state index is 13.5. The van der Waals surface area contributed by atoms with Crippen molar-refractivity contribution in [1.82, 2.24) is 5.43 Å². The standard InChI is InChI=1S/C28H27N3O4S/c1-19-8-13-24(14-9-19)36(34,35)31(23-12-10-20(2)21(3)16-23)18-28(33)30-29-17-26-25-7-5-4-6-22(25)11-15-27(26)32/h4-17,32H,18H2,1-3H3,(H,30,33)/b29-17-. The number of carbonyl (C=O) groups excluding carboxylic acids is 1. The van der Waals surface area contributed by atoms with Crippen LogP contribution in [0.2, 0.25) is 0 Å². The summed E-state index contributed by atoms with van der Waals surface area (Å²) < 4.78 is 28.1. The molecule has 0 radical (unpaired) electrons. The number of hydrogen-bond acceptors (Lipinski definition) is 5. The zero-order chi connectivity index (χ0) is 25.9. The highest BCUT2D eigenvalue weighted by molar-refractivity contribution is 7.92. The van der Waals surface area contributed by atoms with Crippen molar-refractivity contribution in [2.75, 3.05) is 10.8 Å². The van der Waals surface area contributed by atoms with Gasteiger partial charge in [0.1, 0.15) is 12.3 Å². The molecular weight excluding hydrogens is 474 g/mol. The molecule has 1 amide bonds. The molecule has 4 aromatic rings. The van der Waals surface area contributed by atoms with Gasteiger partial charge in [-0.2, -0.15) is 5.10 Å². The fraction of sp³-hybridized carbons (Fsp3) is 0.143. The van der Waals surface area contributed by atoms with E-state index >= 15 is 0 Å². The Kier molecular flexibility index (Phi) is 7.07. The molecule has 0 spiro atoms. The zero-order valence-electron chi connectivity index (χ0n) is 20.3. The molecular formula is C28H27N3O4S. The van der Waals surface area contributed by atoms with Crippen LogP contribution in [-0.2, 0) is 14.8 Å². The number of hydrogen-bond donors (Lipinski definition) is 2. The van der Waals surface area contributed by atoms with Crippen molar-refractivity contribution < 1.29 is 18.3 Å². The Hall–Kier alpha value is -4.17. The van der Waals surface area contributed by atoms with E-state index in [2.05, 4.69) is 10.5 Å². The van der Waals surface area contributed by atoms with Crippen LogP contribution in [0.4, 0.5) is 5.69 Å². The molecule has 4 rings (SSSR count). The van der Waals surface area contributed by atoms with E-state index in [-0.39, 0.29) is 10.6 Å². The number of nitrogens with one attached hydrogen (secondary N) is 1. The maximum absolute atomic E-state index is 13.5. The van der Waals surface area contributed by atoms with E-state index in [1.165, 1.54) is 18.3 Å².